The number of nitrogens with one attached hydrogen (secondary N) is 2. The van der Waals surface area contributed by atoms with Gasteiger partial charge in [0.05, 0.1) is 0 Å². The Bertz CT molecular complexity index is 720. The molecule has 26 heavy (non-hydrogen) atoms. The average molecular weight is 353 g/mol. The van der Waals surface area contributed by atoms with Gasteiger partial charge in [-0.05, 0) is 69.3 Å². The van der Waals surface area contributed by atoms with Gasteiger partial charge < -0.3 is 15.5 Å². The molecule has 2 aromatic carbocycles. The van der Waals surface area contributed by atoms with E-state index < -0.39 is 0 Å². The minimum absolute atomic E-state index is 0.0338. The first-order valence-corrected chi connectivity index (χ1v) is 9.03. The van der Waals surface area contributed by atoms with Gasteiger partial charge in [0.25, 0.3) is 0 Å². The smallest absolute Gasteiger partial charge is 0.226 e. The van der Waals surface area contributed by atoms with Crippen LogP contribution in [0.15, 0.2) is 48.5 Å². The van der Waals surface area contributed by atoms with Crippen LogP contribution >= 0.6 is 0 Å². The van der Waals surface area contributed by atoms with E-state index in [1.54, 1.807) is 19.1 Å². The van der Waals surface area contributed by atoms with Gasteiger partial charge in [-0.3, -0.25) is 9.59 Å². The van der Waals surface area contributed by atoms with E-state index in [2.05, 4.69) is 29.4 Å². The molecular weight excluding hydrogens is 326 g/mol. The summed E-state index contributed by atoms with van der Waals surface area (Å²) in [6.45, 7) is 8.24. The Hall–Kier alpha value is -2.82. The molecule has 138 valence electrons. The van der Waals surface area contributed by atoms with Gasteiger partial charge in [-0.2, -0.15) is 0 Å². The Labute approximate surface area is 155 Å². The number of nitrogens with zero attached hydrogens (tertiary/aromatic N) is 1. The molecule has 5 heteroatoms. The number of hydrogen-bond donors (Lipinski definition) is 2. The summed E-state index contributed by atoms with van der Waals surface area (Å²) < 4.78 is 0. The largest absolute Gasteiger partial charge is 0.385 e. The topological polar surface area (TPSA) is 61.4 Å². The number of Topliss-reactive ketones (excluding diaryl/α,β-unsaturated/α-hetero) is 1. The van der Waals surface area contributed by atoms with Crippen molar-refractivity contribution in [2.75, 3.05) is 35.2 Å². The van der Waals surface area contributed by atoms with E-state index in [1.807, 2.05) is 36.4 Å². The van der Waals surface area contributed by atoms with Gasteiger partial charge in [0.15, 0.2) is 5.78 Å². The van der Waals surface area contributed by atoms with Gasteiger partial charge in [0.2, 0.25) is 5.91 Å². The van der Waals surface area contributed by atoms with Crippen LogP contribution in [0, 0.1) is 0 Å². The average Bonchev–Trinajstić information content (AvgIpc) is 2.64. The van der Waals surface area contributed by atoms with Crippen LogP contribution < -0.4 is 15.5 Å². The lowest BCUT2D eigenvalue weighted by Gasteiger charge is -2.21. The molecule has 0 spiro atoms. The van der Waals surface area contributed by atoms with Crippen LogP contribution in [-0.2, 0) is 4.79 Å². The quantitative estimate of drug-likeness (QED) is 0.664. The summed E-state index contributed by atoms with van der Waals surface area (Å²) in [5, 5.41) is 6.10. The zero-order valence-corrected chi connectivity index (χ0v) is 15.7. The van der Waals surface area contributed by atoms with E-state index in [-0.39, 0.29) is 11.7 Å². The summed E-state index contributed by atoms with van der Waals surface area (Å²) in [5.74, 6) is 0.0105. The number of rotatable bonds is 9. The van der Waals surface area contributed by atoms with Crippen molar-refractivity contribution in [1.82, 2.24) is 0 Å². The van der Waals surface area contributed by atoms with Crippen molar-refractivity contribution in [2.24, 2.45) is 0 Å². The predicted molar refractivity (Wildman–Crippen MR) is 108 cm³/mol. The number of hydrogen-bond acceptors (Lipinski definition) is 4. The molecule has 0 heterocycles. The Morgan fingerprint density at radius 1 is 0.885 bits per heavy atom. The normalized spacial score (nSPS) is 10.3. The van der Waals surface area contributed by atoms with Gasteiger partial charge >= 0.3 is 0 Å². The van der Waals surface area contributed by atoms with E-state index >= 15 is 0 Å². The molecule has 0 radical (unpaired) electrons. The molecule has 2 aromatic rings. The fourth-order valence-electron chi connectivity index (χ4n) is 2.71. The van der Waals surface area contributed by atoms with E-state index in [0.717, 1.165) is 30.2 Å². The highest BCUT2D eigenvalue weighted by Gasteiger charge is 2.05. The first-order valence-electron chi connectivity index (χ1n) is 9.03. The SMILES string of the molecule is CCN(CC)c1ccc(NC(=O)CCNc2ccc(C(C)=O)cc2)cc1. The molecule has 0 aliphatic heterocycles. The third-order valence-electron chi connectivity index (χ3n) is 4.25. The first kappa shape index (κ1) is 19.5. The molecule has 5 nitrogen and oxygen atoms in total. The van der Waals surface area contributed by atoms with Crippen LogP contribution in [-0.4, -0.2) is 31.3 Å². The number of carbonyl (C=O) groups excluding carboxylic acids is 2. The number of benzene rings is 2. The third-order valence-corrected chi connectivity index (χ3v) is 4.25. The van der Waals surface area contributed by atoms with Crippen molar-refractivity contribution in [1.29, 1.82) is 0 Å². The summed E-state index contributed by atoms with van der Waals surface area (Å²) >= 11 is 0. The predicted octanol–water partition coefficient (Wildman–Crippen LogP) is 4.18. The van der Waals surface area contributed by atoms with Crippen molar-refractivity contribution in [3.63, 3.8) is 0 Å². The summed E-state index contributed by atoms with van der Waals surface area (Å²) in [5.41, 5.74) is 3.54. The minimum atomic E-state index is -0.0338. The van der Waals surface area contributed by atoms with Crippen LogP contribution in [0.25, 0.3) is 0 Å². The maximum absolute atomic E-state index is 12.1. The van der Waals surface area contributed by atoms with Gasteiger partial charge in [0, 0.05) is 48.7 Å². The second kappa shape index (κ2) is 9.61. The summed E-state index contributed by atoms with van der Waals surface area (Å²) in [4.78, 5) is 25.6. The van der Waals surface area contributed by atoms with Gasteiger partial charge in [0.1, 0.15) is 0 Å². The van der Waals surface area contributed by atoms with E-state index in [4.69, 9.17) is 0 Å². The molecule has 0 bridgehead atoms. The van der Waals surface area contributed by atoms with Crippen LogP contribution in [0.5, 0.6) is 0 Å². The second-order valence-electron chi connectivity index (χ2n) is 6.08. The fourth-order valence-corrected chi connectivity index (χ4v) is 2.71. The molecule has 0 unspecified atom stereocenters. The summed E-state index contributed by atoms with van der Waals surface area (Å²) in [6.07, 6.45) is 0.367. The maximum atomic E-state index is 12.1. The highest BCUT2D eigenvalue weighted by molar-refractivity contribution is 5.94. The maximum Gasteiger partial charge on any atom is 0.226 e. The van der Waals surface area contributed by atoms with Gasteiger partial charge in [-0.15, -0.1) is 0 Å². The minimum Gasteiger partial charge on any atom is -0.385 e. The Morgan fingerprint density at radius 3 is 2.00 bits per heavy atom. The molecule has 2 N–H and O–H groups in total. The zero-order valence-electron chi connectivity index (χ0n) is 15.7. The molecule has 0 fully saturated rings. The Balaban J connectivity index is 1.78. The Kier molecular flexibility index (Phi) is 7.21. The summed E-state index contributed by atoms with van der Waals surface area (Å²) in [7, 11) is 0. The molecule has 0 atom stereocenters. The number of amides is 1. The van der Waals surface area contributed by atoms with Crippen molar-refractivity contribution >= 4 is 28.8 Å². The molecule has 0 aromatic heterocycles. The molecule has 0 saturated heterocycles. The van der Waals surface area contributed by atoms with Crippen molar-refractivity contribution in [3.8, 4) is 0 Å². The molecule has 2 rings (SSSR count). The zero-order chi connectivity index (χ0) is 18.9. The van der Waals surface area contributed by atoms with E-state index in [9.17, 15) is 9.59 Å². The standard InChI is InChI=1S/C21H27N3O2/c1-4-24(5-2)20-12-10-19(11-13-20)23-21(26)14-15-22-18-8-6-17(7-9-18)16(3)25/h6-13,22H,4-5,14-15H2,1-3H3,(H,23,26). The first-order chi connectivity index (χ1) is 12.5. The lowest BCUT2D eigenvalue weighted by atomic mass is 10.1. The van der Waals surface area contributed by atoms with Crippen LogP contribution in [0.2, 0.25) is 0 Å². The second-order valence-corrected chi connectivity index (χ2v) is 6.08. The Morgan fingerprint density at radius 2 is 1.46 bits per heavy atom. The monoisotopic (exact) mass is 353 g/mol. The molecular formula is C21H27N3O2. The molecule has 0 saturated carbocycles. The van der Waals surface area contributed by atoms with Gasteiger partial charge in [-0.1, -0.05) is 0 Å². The number of anilines is 3. The number of ketones is 1. The van der Waals surface area contributed by atoms with Crippen LogP contribution in [0.1, 0.15) is 37.6 Å². The van der Waals surface area contributed by atoms with Crippen LogP contribution in [0.3, 0.4) is 0 Å². The lowest BCUT2D eigenvalue weighted by Crippen LogP contribution is -2.21. The van der Waals surface area contributed by atoms with E-state index in [0.29, 0.717) is 18.5 Å². The highest BCUT2D eigenvalue weighted by Crippen LogP contribution is 2.18. The summed E-state index contributed by atoms with van der Waals surface area (Å²) in [6, 6.07) is 15.2. The third kappa shape index (κ3) is 5.62. The molecule has 0 aliphatic rings. The van der Waals surface area contributed by atoms with Crippen molar-refractivity contribution in [3.05, 3.63) is 54.1 Å². The van der Waals surface area contributed by atoms with Crippen LogP contribution in [0.4, 0.5) is 17.1 Å². The molecule has 1 amide bonds. The van der Waals surface area contributed by atoms with Crippen molar-refractivity contribution < 1.29 is 9.59 Å². The van der Waals surface area contributed by atoms with E-state index in [1.165, 1.54) is 0 Å². The number of carbonyl (C=O) groups is 2. The van der Waals surface area contributed by atoms with Crippen molar-refractivity contribution in [2.45, 2.75) is 27.2 Å². The molecule has 0 aliphatic carbocycles. The fraction of sp³-hybridized carbons (Fsp3) is 0.333. The lowest BCUT2D eigenvalue weighted by molar-refractivity contribution is -0.115. The van der Waals surface area contributed by atoms with Gasteiger partial charge in [-0.25, -0.2) is 0 Å². The highest BCUT2D eigenvalue weighted by atomic mass is 16.1.